The van der Waals surface area contributed by atoms with Gasteiger partial charge in [-0.15, -0.1) is 0 Å². The van der Waals surface area contributed by atoms with Crippen LogP contribution < -0.4 is 0 Å². The van der Waals surface area contributed by atoms with Crippen LogP contribution in [0.15, 0.2) is 24.3 Å². The van der Waals surface area contributed by atoms with Crippen LogP contribution in [0.2, 0.25) is 0 Å². The van der Waals surface area contributed by atoms with Crippen LogP contribution in [0.25, 0.3) is 0 Å². The third-order valence-corrected chi connectivity index (χ3v) is 7.80. The zero-order chi connectivity index (χ0) is 18.7. The molecule has 2 heterocycles. The van der Waals surface area contributed by atoms with Gasteiger partial charge in [0.05, 0.1) is 29.0 Å². The number of carbonyl (C=O) groups excluding carboxylic acids is 2. The summed E-state index contributed by atoms with van der Waals surface area (Å²) in [6, 6.07) is 7.21. The largest absolute Gasteiger partial charge is 0.335 e. The summed E-state index contributed by atoms with van der Waals surface area (Å²) in [5.74, 6) is -0.184. The van der Waals surface area contributed by atoms with Gasteiger partial charge in [0, 0.05) is 20.0 Å². The third kappa shape index (κ3) is 2.73. The van der Waals surface area contributed by atoms with Crippen molar-refractivity contribution in [2.24, 2.45) is 0 Å². The Morgan fingerprint density at radius 3 is 2.08 bits per heavy atom. The molecular formula is C19H24N2O4S. The SMILES string of the molecule is CC(=O)N1CCN(C(=O)C2(c3ccc(C)cc3)CC2)[C@@H]2CS(=O)(=O)C[C@@H]21. The minimum Gasteiger partial charge on any atom is -0.335 e. The summed E-state index contributed by atoms with van der Waals surface area (Å²) in [5, 5.41) is 0. The second-order valence-electron chi connectivity index (χ2n) is 7.87. The molecule has 26 heavy (non-hydrogen) atoms. The van der Waals surface area contributed by atoms with Crippen LogP contribution in [0.1, 0.15) is 30.9 Å². The number of aryl methyl sites for hydroxylation is 1. The van der Waals surface area contributed by atoms with E-state index in [4.69, 9.17) is 0 Å². The number of piperazine rings is 1. The summed E-state index contributed by atoms with van der Waals surface area (Å²) < 4.78 is 24.5. The Bertz CT molecular complexity index is 858. The van der Waals surface area contributed by atoms with Gasteiger partial charge >= 0.3 is 0 Å². The molecule has 1 aromatic carbocycles. The lowest BCUT2D eigenvalue weighted by Gasteiger charge is -2.44. The van der Waals surface area contributed by atoms with Crippen LogP contribution in [0.5, 0.6) is 0 Å². The molecule has 2 amide bonds. The number of hydrogen-bond acceptors (Lipinski definition) is 4. The van der Waals surface area contributed by atoms with Crippen LogP contribution >= 0.6 is 0 Å². The predicted molar refractivity (Wildman–Crippen MR) is 97.4 cm³/mol. The van der Waals surface area contributed by atoms with Gasteiger partial charge < -0.3 is 9.80 Å². The molecule has 0 bridgehead atoms. The van der Waals surface area contributed by atoms with E-state index in [1.54, 1.807) is 9.80 Å². The molecule has 140 valence electrons. The molecule has 0 radical (unpaired) electrons. The van der Waals surface area contributed by atoms with Gasteiger partial charge in [-0.1, -0.05) is 29.8 Å². The molecule has 1 saturated carbocycles. The molecule has 1 aromatic rings. The highest BCUT2D eigenvalue weighted by Gasteiger charge is 2.57. The van der Waals surface area contributed by atoms with Crippen molar-refractivity contribution in [1.82, 2.24) is 9.80 Å². The number of fused-ring (bicyclic) bond motifs is 1. The Morgan fingerprint density at radius 2 is 1.54 bits per heavy atom. The molecule has 0 aromatic heterocycles. The molecule has 4 rings (SSSR count). The van der Waals surface area contributed by atoms with E-state index in [0.29, 0.717) is 13.1 Å². The standard InChI is InChI=1S/C19H24N2O4S/c1-13-3-5-15(6-4-13)19(7-8-19)18(23)21-10-9-20(14(2)22)16-11-26(24,25)12-17(16)21/h3-6,16-17H,7-12H2,1-2H3/t16-,17+/m0/s1. The second kappa shape index (κ2) is 5.81. The van der Waals surface area contributed by atoms with Gasteiger partial charge in [-0.25, -0.2) is 8.42 Å². The average Bonchev–Trinajstić information content (AvgIpc) is 3.31. The molecule has 2 atom stereocenters. The van der Waals surface area contributed by atoms with Crippen molar-refractivity contribution in [1.29, 1.82) is 0 Å². The van der Waals surface area contributed by atoms with Crippen LogP contribution in [0, 0.1) is 6.92 Å². The molecule has 7 heteroatoms. The zero-order valence-electron chi connectivity index (χ0n) is 15.1. The first-order chi connectivity index (χ1) is 12.2. The first kappa shape index (κ1) is 17.5. The van der Waals surface area contributed by atoms with Gasteiger partial charge in [0.25, 0.3) is 0 Å². The highest BCUT2D eigenvalue weighted by Crippen LogP contribution is 2.50. The molecule has 3 aliphatic rings. The summed E-state index contributed by atoms with van der Waals surface area (Å²) >= 11 is 0. The van der Waals surface area contributed by atoms with Crippen molar-refractivity contribution in [3.8, 4) is 0 Å². The minimum atomic E-state index is -3.24. The maximum atomic E-state index is 13.4. The molecule has 0 unspecified atom stereocenters. The fourth-order valence-corrected chi connectivity index (χ4v) is 6.48. The average molecular weight is 376 g/mol. The summed E-state index contributed by atoms with van der Waals surface area (Å²) in [6.07, 6.45) is 1.60. The van der Waals surface area contributed by atoms with Gasteiger partial charge in [0.1, 0.15) is 0 Å². The molecule has 3 fully saturated rings. The number of hydrogen-bond donors (Lipinski definition) is 0. The molecule has 0 N–H and O–H groups in total. The smallest absolute Gasteiger partial charge is 0.233 e. The van der Waals surface area contributed by atoms with Crippen molar-refractivity contribution in [2.45, 2.75) is 44.2 Å². The van der Waals surface area contributed by atoms with E-state index in [-0.39, 0.29) is 23.3 Å². The number of amides is 2. The van der Waals surface area contributed by atoms with Gasteiger partial charge in [0.15, 0.2) is 9.84 Å². The maximum absolute atomic E-state index is 13.4. The molecule has 6 nitrogen and oxygen atoms in total. The van der Waals surface area contributed by atoms with E-state index >= 15 is 0 Å². The number of carbonyl (C=O) groups is 2. The van der Waals surface area contributed by atoms with E-state index in [0.717, 1.165) is 24.0 Å². The number of rotatable bonds is 2. The monoisotopic (exact) mass is 376 g/mol. The van der Waals surface area contributed by atoms with Crippen molar-refractivity contribution in [3.63, 3.8) is 0 Å². The molecular weight excluding hydrogens is 352 g/mol. The summed E-state index contributed by atoms with van der Waals surface area (Å²) in [5.41, 5.74) is 1.65. The Balaban J connectivity index is 1.64. The molecule has 2 aliphatic heterocycles. The highest BCUT2D eigenvalue weighted by molar-refractivity contribution is 7.91. The van der Waals surface area contributed by atoms with Crippen LogP contribution in [-0.4, -0.2) is 66.7 Å². The summed E-state index contributed by atoms with van der Waals surface area (Å²) in [6.45, 7) is 4.29. The lowest BCUT2D eigenvalue weighted by molar-refractivity contribution is -0.146. The van der Waals surface area contributed by atoms with Crippen LogP contribution in [0.4, 0.5) is 0 Å². The van der Waals surface area contributed by atoms with Crippen molar-refractivity contribution >= 4 is 21.7 Å². The number of nitrogens with zero attached hydrogens (tertiary/aromatic N) is 2. The Kier molecular flexibility index (Phi) is 3.91. The Morgan fingerprint density at radius 1 is 1.00 bits per heavy atom. The summed E-state index contributed by atoms with van der Waals surface area (Å²) in [7, 11) is -3.24. The Hall–Kier alpha value is -1.89. The van der Waals surface area contributed by atoms with Gasteiger partial charge in [-0.2, -0.15) is 0 Å². The number of sulfone groups is 1. The first-order valence-corrected chi connectivity index (χ1v) is 10.9. The lowest BCUT2D eigenvalue weighted by Crippen LogP contribution is -2.63. The second-order valence-corrected chi connectivity index (χ2v) is 10.0. The lowest BCUT2D eigenvalue weighted by atomic mass is 9.91. The van der Waals surface area contributed by atoms with E-state index in [1.807, 2.05) is 31.2 Å². The van der Waals surface area contributed by atoms with E-state index in [9.17, 15) is 18.0 Å². The fourth-order valence-electron chi connectivity index (χ4n) is 4.49. The first-order valence-electron chi connectivity index (χ1n) is 9.09. The van der Waals surface area contributed by atoms with Crippen LogP contribution in [0.3, 0.4) is 0 Å². The topological polar surface area (TPSA) is 74.8 Å². The number of benzene rings is 1. The van der Waals surface area contributed by atoms with Crippen molar-refractivity contribution in [2.75, 3.05) is 24.6 Å². The van der Waals surface area contributed by atoms with E-state index in [1.165, 1.54) is 6.92 Å². The van der Waals surface area contributed by atoms with Gasteiger partial charge in [0.2, 0.25) is 11.8 Å². The molecule has 0 spiro atoms. The maximum Gasteiger partial charge on any atom is 0.233 e. The molecule has 2 saturated heterocycles. The Labute approximate surface area is 154 Å². The van der Waals surface area contributed by atoms with E-state index in [2.05, 4.69) is 0 Å². The van der Waals surface area contributed by atoms with Crippen LogP contribution in [-0.2, 0) is 24.8 Å². The quantitative estimate of drug-likeness (QED) is 0.768. The predicted octanol–water partition coefficient (Wildman–Crippen LogP) is 0.883. The van der Waals surface area contributed by atoms with E-state index < -0.39 is 27.3 Å². The minimum absolute atomic E-state index is 0.0247. The summed E-state index contributed by atoms with van der Waals surface area (Å²) in [4.78, 5) is 28.7. The van der Waals surface area contributed by atoms with Gasteiger partial charge in [-0.05, 0) is 25.3 Å². The highest BCUT2D eigenvalue weighted by atomic mass is 32.2. The van der Waals surface area contributed by atoms with Crippen molar-refractivity contribution < 1.29 is 18.0 Å². The van der Waals surface area contributed by atoms with Crippen molar-refractivity contribution in [3.05, 3.63) is 35.4 Å². The normalized spacial score (nSPS) is 28.5. The van der Waals surface area contributed by atoms with Gasteiger partial charge in [-0.3, -0.25) is 9.59 Å². The third-order valence-electron chi connectivity index (χ3n) is 6.10. The molecule has 1 aliphatic carbocycles. The zero-order valence-corrected chi connectivity index (χ0v) is 16.0. The fraction of sp³-hybridized carbons (Fsp3) is 0.579.